The van der Waals surface area contributed by atoms with Gasteiger partial charge < -0.3 is 26.0 Å². The van der Waals surface area contributed by atoms with Crippen LogP contribution in [0.1, 0.15) is 68.9 Å². The minimum Gasteiger partial charge on any atom is -0.375 e. The van der Waals surface area contributed by atoms with E-state index in [1.54, 1.807) is 11.1 Å². The predicted molar refractivity (Wildman–Crippen MR) is 217 cm³/mol. The Balaban J connectivity index is 0.000000257. The summed E-state index contributed by atoms with van der Waals surface area (Å²) < 4.78 is 55.6. The number of halogens is 7. The first-order chi connectivity index (χ1) is 27.1. The van der Waals surface area contributed by atoms with E-state index in [1.165, 1.54) is 46.9 Å². The highest BCUT2D eigenvalue weighted by atomic mass is 35.5. The van der Waals surface area contributed by atoms with Gasteiger partial charge in [0.25, 0.3) is 11.8 Å². The van der Waals surface area contributed by atoms with Crippen molar-refractivity contribution in [3.05, 3.63) is 128 Å². The summed E-state index contributed by atoms with van der Waals surface area (Å²) in [5, 5.41) is 20.8. The minimum absolute atomic E-state index is 0. The van der Waals surface area contributed by atoms with Crippen LogP contribution in [0.2, 0.25) is 10.0 Å². The lowest BCUT2D eigenvalue weighted by molar-refractivity contribution is -0.0201. The molecular weight excluding hydrogens is 821 g/mol. The third kappa shape index (κ3) is 13.6. The van der Waals surface area contributed by atoms with Gasteiger partial charge in [-0.1, -0.05) is 35.3 Å². The standard InChI is InChI=1S/C20H22ClF2N3O.C14H13ClF2N2O2.C7H10N2.ClH/c1-14-2-4-16(25-11-14)12-24-13-20(23)6-8-26(9-7-20)19(27)15-3-5-18(22)17(21)10-15;15-10-7-9(1-2-11(10)16)13(21)19-5-3-14(17,4-6-19)12(20)8-18;1-6-2-3-7(4-8)9-5-6;/h2-5,10-11,24H,6-9,12-13H2,1H3;1-2,7,12,20H,3-6H2;2-3,5H,4,8H2,1H3;1H. The van der Waals surface area contributed by atoms with Gasteiger partial charge in [0, 0.05) is 95.0 Å². The maximum atomic E-state index is 15.0. The van der Waals surface area contributed by atoms with Crippen molar-refractivity contribution in [2.24, 2.45) is 5.73 Å². The van der Waals surface area contributed by atoms with Crippen molar-refractivity contribution >= 4 is 47.4 Å². The number of likely N-dealkylation sites (tertiary alicyclic amines) is 2. The number of nitrogens with two attached hydrogens (primary N) is 1. The number of benzene rings is 2. The molecule has 4 N–H and O–H groups in total. The number of carbonyl (C=O) groups is 2. The lowest BCUT2D eigenvalue weighted by Crippen LogP contribution is -2.49. The minimum atomic E-state index is -1.99. The molecular formula is C41H46Cl3F4N7O3. The number of amides is 2. The maximum absolute atomic E-state index is 15.0. The number of hydrogen-bond donors (Lipinski definition) is 3. The van der Waals surface area contributed by atoms with Crippen LogP contribution in [-0.4, -0.2) is 86.9 Å². The molecule has 10 nitrogen and oxygen atoms in total. The SMILES string of the molecule is Cc1ccc(CN)nc1.Cc1ccc(CNCC2(F)CCN(C(=O)c3ccc(F)c(Cl)c3)CC2)nc1.Cl.N#CC(O)C1(F)CCN(C(=O)c2ccc(F)c(Cl)c2)CC1. The molecule has 2 fully saturated rings. The van der Waals surface area contributed by atoms with Gasteiger partial charge >= 0.3 is 0 Å². The van der Waals surface area contributed by atoms with Crippen LogP contribution in [0.4, 0.5) is 17.6 Å². The van der Waals surface area contributed by atoms with Gasteiger partial charge in [0.05, 0.1) is 27.5 Å². The number of rotatable bonds is 8. The van der Waals surface area contributed by atoms with Crippen molar-refractivity contribution in [2.75, 3.05) is 32.7 Å². The second-order valence-corrected chi connectivity index (χ2v) is 14.8. The van der Waals surface area contributed by atoms with E-state index >= 15 is 4.39 Å². The summed E-state index contributed by atoms with van der Waals surface area (Å²) in [6, 6.07) is 16.8. The lowest BCUT2D eigenvalue weighted by Gasteiger charge is -2.37. The van der Waals surface area contributed by atoms with Crippen LogP contribution in [0.5, 0.6) is 0 Å². The zero-order valence-corrected chi connectivity index (χ0v) is 34.4. The van der Waals surface area contributed by atoms with E-state index in [9.17, 15) is 27.9 Å². The molecule has 0 bridgehead atoms. The number of nitriles is 1. The molecule has 0 aliphatic carbocycles. The molecule has 2 aromatic carbocycles. The van der Waals surface area contributed by atoms with Gasteiger partial charge in [-0.25, -0.2) is 17.6 Å². The number of aliphatic hydroxyl groups is 1. The molecule has 2 aliphatic heterocycles. The first kappa shape index (κ1) is 48.0. The first-order valence-electron chi connectivity index (χ1n) is 18.2. The number of hydrogen-bond acceptors (Lipinski definition) is 8. The number of nitrogens with one attached hydrogen (secondary N) is 1. The number of aromatic nitrogens is 2. The van der Waals surface area contributed by atoms with E-state index in [0.29, 0.717) is 31.7 Å². The molecule has 4 aromatic rings. The Morgan fingerprint density at radius 2 is 1.28 bits per heavy atom. The van der Waals surface area contributed by atoms with E-state index in [-0.39, 0.29) is 85.1 Å². The second kappa shape index (κ2) is 22.1. The first-order valence-corrected chi connectivity index (χ1v) is 19.0. The molecule has 4 heterocycles. The maximum Gasteiger partial charge on any atom is 0.253 e. The number of alkyl halides is 2. The van der Waals surface area contributed by atoms with Gasteiger partial charge in [0.1, 0.15) is 17.3 Å². The summed E-state index contributed by atoms with van der Waals surface area (Å²) in [4.78, 5) is 36.1. The number of nitrogens with zero attached hydrogens (tertiary/aromatic N) is 5. The Morgan fingerprint density at radius 1 is 0.828 bits per heavy atom. The highest BCUT2D eigenvalue weighted by Crippen LogP contribution is 2.31. The summed E-state index contributed by atoms with van der Waals surface area (Å²) in [6.07, 6.45) is 2.17. The molecule has 2 aromatic heterocycles. The summed E-state index contributed by atoms with van der Waals surface area (Å²) in [7, 11) is 0. The van der Waals surface area contributed by atoms with Crippen LogP contribution in [0.15, 0.2) is 73.1 Å². The molecule has 1 atom stereocenters. The van der Waals surface area contributed by atoms with Gasteiger partial charge in [-0.2, -0.15) is 5.26 Å². The van der Waals surface area contributed by atoms with Gasteiger partial charge in [-0.3, -0.25) is 19.6 Å². The summed E-state index contributed by atoms with van der Waals surface area (Å²) >= 11 is 11.4. The van der Waals surface area contributed by atoms with Gasteiger partial charge in [0.15, 0.2) is 11.8 Å². The smallest absolute Gasteiger partial charge is 0.253 e. The third-order valence-electron chi connectivity index (χ3n) is 9.68. The van der Waals surface area contributed by atoms with Crippen LogP contribution in [0.3, 0.4) is 0 Å². The number of carbonyl (C=O) groups excluding carboxylic acids is 2. The van der Waals surface area contributed by atoms with Gasteiger partial charge in [-0.05, 0) is 73.5 Å². The van der Waals surface area contributed by atoms with Crippen LogP contribution < -0.4 is 11.1 Å². The molecule has 17 heteroatoms. The molecule has 0 saturated carbocycles. The fourth-order valence-corrected chi connectivity index (χ4v) is 6.38. The molecule has 58 heavy (non-hydrogen) atoms. The van der Waals surface area contributed by atoms with Gasteiger partial charge in [0.2, 0.25) is 0 Å². The Morgan fingerprint density at radius 3 is 1.67 bits per heavy atom. The van der Waals surface area contributed by atoms with E-state index in [2.05, 4.69) is 15.3 Å². The van der Waals surface area contributed by atoms with Crippen LogP contribution in [0.25, 0.3) is 0 Å². The highest BCUT2D eigenvalue weighted by molar-refractivity contribution is 6.31. The Labute approximate surface area is 351 Å². The van der Waals surface area contributed by atoms with Crippen molar-refractivity contribution in [2.45, 2.75) is 70.1 Å². The number of pyridine rings is 2. The molecule has 2 aliphatic rings. The topological polar surface area (TPSA) is 148 Å². The average Bonchev–Trinajstić information content (AvgIpc) is 3.21. The van der Waals surface area contributed by atoms with Crippen molar-refractivity contribution in [3.8, 4) is 6.07 Å². The lowest BCUT2D eigenvalue weighted by atomic mass is 9.88. The van der Waals surface area contributed by atoms with E-state index in [1.807, 2.05) is 44.3 Å². The summed E-state index contributed by atoms with van der Waals surface area (Å²) in [5.41, 5.74) is 6.58. The predicted octanol–water partition coefficient (Wildman–Crippen LogP) is 7.50. The summed E-state index contributed by atoms with van der Waals surface area (Å²) in [6.45, 7) is 5.99. The quantitative estimate of drug-likeness (QED) is 0.122. The van der Waals surface area contributed by atoms with E-state index in [4.69, 9.17) is 34.2 Å². The van der Waals surface area contributed by atoms with Crippen molar-refractivity contribution in [1.82, 2.24) is 25.1 Å². The molecule has 2 saturated heterocycles. The number of aliphatic hydroxyl groups excluding tert-OH is 1. The Kier molecular flexibility index (Phi) is 18.3. The van der Waals surface area contributed by atoms with Crippen LogP contribution >= 0.6 is 35.6 Å². The van der Waals surface area contributed by atoms with Crippen molar-refractivity contribution in [1.29, 1.82) is 5.26 Å². The fourth-order valence-electron chi connectivity index (χ4n) is 6.02. The number of piperidine rings is 2. The molecule has 312 valence electrons. The average molecular weight is 867 g/mol. The van der Waals surface area contributed by atoms with Gasteiger partial charge in [-0.15, -0.1) is 12.4 Å². The van der Waals surface area contributed by atoms with E-state index in [0.717, 1.165) is 23.0 Å². The fraction of sp³-hybridized carbons (Fsp3) is 0.390. The normalized spacial score (nSPS) is 15.9. The second-order valence-electron chi connectivity index (χ2n) is 14.0. The Bertz CT molecular complexity index is 2010. The monoisotopic (exact) mass is 865 g/mol. The van der Waals surface area contributed by atoms with Crippen molar-refractivity contribution < 1.29 is 32.3 Å². The largest absolute Gasteiger partial charge is 0.375 e. The van der Waals surface area contributed by atoms with Crippen LogP contribution in [-0.2, 0) is 13.1 Å². The molecule has 0 spiro atoms. The molecule has 6 rings (SSSR count). The van der Waals surface area contributed by atoms with Crippen LogP contribution in [0, 0.1) is 36.8 Å². The third-order valence-corrected chi connectivity index (χ3v) is 10.3. The Hall–Kier alpha value is -4.36. The zero-order chi connectivity index (χ0) is 41.8. The molecule has 0 radical (unpaired) electrons. The summed E-state index contributed by atoms with van der Waals surface area (Å²) in [5.74, 6) is -1.82. The van der Waals surface area contributed by atoms with E-state index < -0.39 is 29.1 Å². The number of aryl methyl sites for hydroxylation is 2. The zero-order valence-electron chi connectivity index (χ0n) is 32.0. The molecule has 2 amide bonds. The highest BCUT2D eigenvalue weighted by Gasteiger charge is 2.42. The van der Waals surface area contributed by atoms with Crippen molar-refractivity contribution in [3.63, 3.8) is 0 Å². The molecule has 1 unspecified atom stereocenters.